The van der Waals surface area contributed by atoms with Gasteiger partial charge in [0.1, 0.15) is 5.60 Å². The molecule has 1 heterocycles. The van der Waals surface area contributed by atoms with Crippen molar-refractivity contribution < 1.29 is 9.53 Å². The second kappa shape index (κ2) is 10.7. The number of nitrogens with zero attached hydrogens (tertiary/aromatic N) is 5. The van der Waals surface area contributed by atoms with E-state index in [4.69, 9.17) is 10.3 Å². The number of benzene rings is 2. The standard InChI is InChI=1S/C25H29N5O2/c1-25(2,3)32-24(31)30(16-10-15-20-11-6-4-7-12-20)23-19-29(18-22(23)27-28-26)17-21-13-8-5-9-14-21/h4-9,11-14,22-23H,16-19H2,1-3H3/t22-,23-/m1/s1. The van der Waals surface area contributed by atoms with Crippen LogP contribution >= 0.6 is 0 Å². The fraction of sp³-hybridized carbons (Fsp3) is 0.400. The number of hydrogen-bond acceptors (Lipinski definition) is 4. The summed E-state index contributed by atoms with van der Waals surface area (Å²) in [5.41, 5.74) is 10.5. The van der Waals surface area contributed by atoms with Gasteiger partial charge in [0.15, 0.2) is 0 Å². The van der Waals surface area contributed by atoms with Gasteiger partial charge in [-0.2, -0.15) is 0 Å². The van der Waals surface area contributed by atoms with Crippen LogP contribution in [0.3, 0.4) is 0 Å². The lowest BCUT2D eigenvalue weighted by Gasteiger charge is -2.32. The van der Waals surface area contributed by atoms with E-state index in [0.717, 1.165) is 5.56 Å². The van der Waals surface area contributed by atoms with E-state index in [-0.39, 0.29) is 18.6 Å². The first-order valence-corrected chi connectivity index (χ1v) is 10.7. The quantitative estimate of drug-likeness (QED) is 0.294. The van der Waals surface area contributed by atoms with Crippen LogP contribution in [0.15, 0.2) is 65.8 Å². The molecule has 0 radical (unpaired) electrons. The molecule has 2 aromatic carbocycles. The van der Waals surface area contributed by atoms with Gasteiger partial charge in [-0.05, 0) is 44.0 Å². The normalized spacial score (nSPS) is 18.2. The van der Waals surface area contributed by atoms with Crippen molar-refractivity contribution in [2.45, 2.75) is 45.0 Å². The molecule has 1 saturated heterocycles. The lowest BCUT2D eigenvalue weighted by molar-refractivity contribution is 0.0188. The van der Waals surface area contributed by atoms with Gasteiger partial charge in [-0.25, -0.2) is 4.79 Å². The largest absolute Gasteiger partial charge is 0.444 e. The average molecular weight is 432 g/mol. The number of ether oxygens (including phenoxy) is 1. The van der Waals surface area contributed by atoms with Crippen molar-refractivity contribution >= 4 is 6.09 Å². The maximum Gasteiger partial charge on any atom is 0.411 e. The first-order valence-electron chi connectivity index (χ1n) is 10.7. The van der Waals surface area contributed by atoms with Gasteiger partial charge in [0.25, 0.3) is 0 Å². The minimum atomic E-state index is -0.640. The van der Waals surface area contributed by atoms with E-state index in [1.165, 1.54) is 5.56 Å². The summed E-state index contributed by atoms with van der Waals surface area (Å²) < 4.78 is 5.66. The van der Waals surface area contributed by atoms with Crippen LogP contribution < -0.4 is 0 Å². The summed E-state index contributed by atoms with van der Waals surface area (Å²) in [5, 5.41) is 4.00. The van der Waals surface area contributed by atoms with Crippen LogP contribution in [-0.2, 0) is 11.3 Å². The second-order valence-corrected chi connectivity index (χ2v) is 8.80. The van der Waals surface area contributed by atoms with Crippen molar-refractivity contribution in [1.29, 1.82) is 0 Å². The molecule has 1 aliphatic heterocycles. The number of rotatable bonds is 5. The summed E-state index contributed by atoms with van der Waals surface area (Å²) in [6.45, 7) is 7.54. The van der Waals surface area contributed by atoms with Gasteiger partial charge in [-0.1, -0.05) is 65.5 Å². The molecule has 0 spiro atoms. The van der Waals surface area contributed by atoms with Gasteiger partial charge >= 0.3 is 6.09 Å². The average Bonchev–Trinajstić information content (AvgIpc) is 3.13. The number of amides is 1. The van der Waals surface area contributed by atoms with Crippen molar-refractivity contribution in [2.24, 2.45) is 5.11 Å². The number of likely N-dealkylation sites (tertiary alicyclic amines) is 1. The fourth-order valence-corrected chi connectivity index (χ4v) is 3.69. The molecule has 32 heavy (non-hydrogen) atoms. The number of carbonyl (C=O) groups excluding carboxylic acids is 1. The minimum Gasteiger partial charge on any atom is -0.444 e. The topological polar surface area (TPSA) is 81.5 Å². The van der Waals surface area contributed by atoms with Crippen LogP contribution in [0, 0.1) is 11.8 Å². The third-order valence-electron chi connectivity index (χ3n) is 5.07. The summed E-state index contributed by atoms with van der Waals surface area (Å²) in [6, 6.07) is 19.0. The third kappa shape index (κ3) is 6.78. The Morgan fingerprint density at radius 2 is 1.81 bits per heavy atom. The van der Waals surface area contributed by atoms with Crippen LogP contribution in [0.4, 0.5) is 4.79 Å². The lowest BCUT2D eigenvalue weighted by Crippen LogP contribution is -2.48. The maximum absolute atomic E-state index is 13.1. The highest BCUT2D eigenvalue weighted by atomic mass is 16.6. The monoisotopic (exact) mass is 431 g/mol. The molecule has 3 rings (SSSR count). The maximum atomic E-state index is 13.1. The molecule has 7 heteroatoms. The molecule has 1 fully saturated rings. The van der Waals surface area contributed by atoms with Gasteiger partial charge in [-0.15, -0.1) is 0 Å². The zero-order valence-electron chi connectivity index (χ0n) is 18.8. The Balaban J connectivity index is 1.82. The molecule has 1 amide bonds. The van der Waals surface area contributed by atoms with Gasteiger partial charge in [-0.3, -0.25) is 9.80 Å². The van der Waals surface area contributed by atoms with E-state index in [9.17, 15) is 4.79 Å². The van der Waals surface area contributed by atoms with Gasteiger partial charge in [0, 0.05) is 30.1 Å². The number of azide groups is 1. The van der Waals surface area contributed by atoms with E-state index in [2.05, 4.69) is 38.9 Å². The molecule has 0 N–H and O–H groups in total. The van der Waals surface area contributed by atoms with Crippen molar-refractivity contribution in [3.05, 3.63) is 82.2 Å². The van der Waals surface area contributed by atoms with Crippen molar-refractivity contribution in [3.8, 4) is 11.8 Å². The molecular weight excluding hydrogens is 402 g/mol. The third-order valence-corrected chi connectivity index (χ3v) is 5.07. The molecule has 0 saturated carbocycles. The molecular formula is C25H29N5O2. The summed E-state index contributed by atoms with van der Waals surface area (Å²) in [7, 11) is 0. The van der Waals surface area contributed by atoms with Crippen molar-refractivity contribution in [3.63, 3.8) is 0 Å². The van der Waals surface area contributed by atoms with Crippen LogP contribution in [0.2, 0.25) is 0 Å². The van der Waals surface area contributed by atoms with E-state index < -0.39 is 11.7 Å². The second-order valence-electron chi connectivity index (χ2n) is 8.80. The molecule has 166 valence electrons. The molecule has 7 nitrogen and oxygen atoms in total. The van der Waals surface area contributed by atoms with Gasteiger partial charge in [0.2, 0.25) is 0 Å². The lowest BCUT2D eigenvalue weighted by atomic mass is 10.1. The van der Waals surface area contributed by atoms with Crippen LogP contribution in [-0.4, -0.2) is 53.2 Å². The van der Waals surface area contributed by atoms with Crippen molar-refractivity contribution in [1.82, 2.24) is 9.80 Å². The van der Waals surface area contributed by atoms with Crippen LogP contribution in [0.25, 0.3) is 10.4 Å². The van der Waals surface area contributed by atoms with E-state index in [1.54, 1.807) is 4.90 Å². The van der Waals surface area contributed by atoms with Crippen molar-refractivity contribution in [2.75, 3.05) is 19.6 Å². The van der Waals surface area contributed by atoms with Crippen LogP contribution in [0.5, 0.6) is 0 Å². The highest BCUT2D eigenvalue weighted by molar-refractivity contribution is 5.69. The van der Waals surface area contributed by atoms with Gasteiger partial charge in [0.05, 0.1) is 18.6 Å². The first-order chi connectivity index (χ1) is 15.4. The zero-order chi connectivity index (χ0) is 23.0. The van der Waals surface area contributed by atoms with E-state index in [1.807, 2.05) is 69.3 Å². The molecule has 0 aliphatic carbocycles. The molecule has 0 aromatic heterocycles. The Labute approximate surface area is 189 Å². The molecule has 2 aromatic rings. The number of hydrogen-bond donors (Lipinski definition) is 0. The first kappa shape index (κ1) is 23.2. The highest BCUT2D eigenvalue weighted by Gasteiger charge is 2.39. The predicted molar refractivity (Wildman–Crippen MR) is 125 cm³/mol. The van der Waals surface area contributed by atoms with Gasteiger partial charge < -0.3 is 4.74 Å². The summed E-state index contributed by atoms with van der Waals surface area (Å²) in [5.74, 6) is 6.19. The Kier molecular flexibility index (Phi) is 7.77. The Morgan fingerprint density at radius 3 is 2.44 bits per heavy atom. The van der Waals surface area contributed by atoms with E-state index >= 15 is 0 Å². The predicted octanol–water partition coefficient (Wildman–Crippen LogP) is 4.84. The minimum absolute atomic E-state index is 0.186. The Hall–Kier alpha value is -3.46. The Morgan fingerprint density at radius 1 is 1.16 bits per heavy atom. The summed E-state index contributed by atoms with van der Waals surface area (Å²) in [4.78, 5) is 19.9. The molecule has 0 unspecified atom stereocenters. The molecule has 2 atom stereocenters. The fourth-order valence-electron chi connectivity index (χ4n) is 3.69. The Bertz CT molecular complexity index is 1000. The van der Waals surface area contributed by atoms with E-state index in [0.29, 0.717) is 19.6 Å². The SMILES string of the molecule is CC(C)(C)OC(=O)N(CC#Cc1ccccc1)[C@@H]1CN(Cc2ccccc2)C[C@H]1N=[N+]=[N-]. The smallest absolute Gasteiger partial charge is 0.411 e. The summed E-state index contributed by atoms with van der Waals surface area (Å²) >= 11 is 0. The van der Waals surface area contributed by atoms with Crippen LogP contribution in [0.1, 0.15) is 31.9 Å². The zero-order valence-corrected chi connectivity index (χ0v) is 18.8. The number of carbonyl (C=O) groups is 1. The highest BCUT2D eigenvalue weighted by Crippen LogP contribution is 2.23. The molecule has 1 aliphatic rings. The molecule has 0 bridgehead atoms. The summed E-state index contributed by atoms with van der Waals surface area (Å²) in [6.07, 6.45) is -0.454.